The summed E-state index contributed by atoms with van der Waals surface area (Å²) in [6.07, 6.45) is 7.07. The average molecular weight is 280 g/mol. The fourth-order valence-corrected chi connectivity index (χ4v) is 5.10. The van der Waals surface area contributed by atoms with Crippen molar-refractivity contribution >= 4 is 16.9 Å². The molecule has 2 saturated carbocycles. The van der Waals surface area contributed by atoms with Gasteiger partial charge in [-0.05, 0) is 29.1 Å². The monoisotopic (exact) mass is 280 g/mol. The number of nitrogens with one attached hydrogen (secondary N) is 1. The Balaban J connectivity index is 1.60. The van der Waals surface area contributed by atoms with E-state index in [2.05, 4.69) is 33.0 Å². The number of thioether (sulfide) groups is 1. The number of hydrogen-bond donors (Lipinski definition) is 1. The fraction of sp³-hybridized carbons (Fsp3) is 0.938. The Morgan fingerprint density at radius 3 is 2.16 bits per heavy atom. The van der Waals surface area contributed by atoms with Crippen molar-refractivity contribution in [1.29, 1.82) is 0 Å². The van der Waals surface area contributed by atoms with Crippen molar-refractivity contribution < 1.29 is 0 Å². The number of aliphatic imine (C=N–C) groups is 1. The summed E-state index contributed by atoms with van der Waals surface area (Å²) in [5.41, 5.74) is 1.34. The highest BCUT2D eigenvalue weighted by Crippen LogP contribution is 2.62. The van der Waals surface area contributed by atoms with Gasteiger partial charge in [-0.3, -0.25) is 4.99 Å². The summed E-state index contributed by atoms with van der Waals surface area (Å²) in [6.45, 7) is 10.5. The highest BCUT2D eigenvalue weighted by molar-refractivity contribution is 8.13. The summed E-state index contributed by atoms with van der Waals surface area (Å²) >= 11 is 1.98. The number of hydrogen-bond acceptors (Lipinski definition) is 3. The Labute approximate surface area is 122 Å². The molecule has 0 radical (unpaired) electrons. The number of nitrogens with zero attached hydrogens (tertiary/aromatic N) is 1. The summed E-state index contributed by atoms with van der Waals surface area (Å²) in [4.78, 5) is 4.89. The first-order valence-corrected chi connectivity index (χ1v) is 8.80. The third-order valence-electron chi connectivity index (χ3n) is 6.28. The minimum atomic E-state index is 0.399. The molecule has 2 aliphatic carbocycles. The molecule has 0 aromatic rings. The molecule has 19 heavy (non-hydrogen) atoms. The summed E-state index contributed by atoms with van der Waals surface area (Å²) in [6, 6.07) is 0.589. The predicted molar refractivity (Wildman–Crippen MR) is 84.8 cm³/mol. The van der Waals surface area contributed by atoms with Gasteiger partial charge in [-0.25, -0.2) is 0 Å². The minimum absolute atomic E-state index is 0.399. The summed E-state index contributed by atoms with van der Waals surface area (Å²) in [7, 11) is 0. The lowest BCUT2D eigenvalue weighted by atomic mass is 9.75. The molecule has 0 atom stereocenters. The van der Waals surface area contributed by atoms with Crippen LogP contribution in [0.5, 0.6) is 0 Å². The van der Waals surface area contributed by atoms with Crippen LogP contribution in [-0.4, -0.2) is 23.5 Å². The van der Waals surface area contributed by atoms with Crippen molar-refractivity contribution in [3.05, 3.63) is 0 Å². The first kappa shape index (κ1) is 13.8. The predicted octanol–water partition coefficient (Wildman–Crippen LogP) is 4.06. The van der Waals surface area contributed by atoms with Gasteiger partial charge in [0.05, 0.1) is 0 Å². The Hall–Kier alpha value is -0.180. The smallest absolute Gasteiger partial charge is 0.156 e. The van der Waals surface area contributed by atoms with Crippen LogP contribution in [0.15, 0.2) is 4.99 Å². The van der Waals surface area contributed by atoms with E-state index < -0.39 is 0 Å². The highest BCUT2D eigenvalue weighted by Gasteiger charge is 2.65. The lowest BCUT2D eigenvalue weighted by Crippen LogP contribution is -2.38. The zero-order chi connectivity index (χ0) is 13.7. The molecule has 0 aromatic carbocycles. The summed E-state index contributed by atoms with van der Waals surface area (Å²) < 4.78 is 0. The van der Waals surface area contributed by atoms with Gasteiger partial charge in [-0.2, -0.15) is 0 Å². The van der Waals surface area contributed by atoms with Crippen LogP contribution in [-0.2, 0) is 0 Å². The molecule has 0 saturated heterocycles. The van der Waals surface area contributed by atoms with Gasteiger partial charge < -0.3 is 5.32 Å². The van der Waals surface area contributed by atoms with Gasteiger partial charge >= 0.3 is 0 Å². The molecule has 3 heteroatoms. The minimum Gasteiger partial charge on any atom is -0.361 e. The number of amidine groups is 1. The first-order chi connectivity index (χ1) is 8.87. The largest absolute Gasteiger partial charge is 0.361 e. The van der Waals surface area contributed by atoms with Crippen LogP contribution in [0.3, 0.4) is 0 Å². The maximum Gasteiger partial charge on any atom is 0.156 e. The average Bonchev–Trinajstić information content (AvgIpc) is 2.76. The zero-order valence-electron chi connectivity index (χ0n) is 12.9. The zero-order valence-corrected chi connectivity index (χ0v) is 13.7. The Morgan fingerprint density at radius 1 is 1.05 bits per heavy atom. The molecule has 1 spiro atoms. The molecule has 2 fully saturated rings. The van der Waals surface area contributed by atoms with E-state index in [0.717, 1.165) is 6.54 Å². The molecule has 108 valence electrons. The van der Waals surface area contributed by atoms with Gasteiger partial charge in [0.25, 0.3) is 0 Å². The van der Waals surface area contributed by atoms with Crippen LogP contribution in [0.25, 0.3) is 0 Å². The number of rotatable bonds is 1. The van der Waals surface area contributed by atoms with Crippen molar-refractivity contribution in [3.8, 4) is 0 Å². The van der Waals surface area contributed by atoms with E-state index in [4.69, 9.17) is 4.99 Å². The van der Waals surface area contributed by atoms with E-state index in [1.54, 1.807) is 0 Å². The second-order valence-electron chi connectivity index (χ2n) is 7.99. The SMILES string of the molecule is CC1(C)C(NC2=NCC3(CCCCC3)CS2)C1(C)C. The molecule has 3 rings (SSSR count). The topological polar surface area (TPSA) is 24.4 Å². The van der Waals surface area contributed by atoms with E-state index in [1.807, 2.05) is 11.8 Å². The second kappa shape index (κ2) is 4.41. The van der Waals surface area contributed by atoms with Crippen LogP contribution in [0.4, 0.5) is 0 Å². The van der Waals surface area contributed by atoms with Crippen LogP contribution >= 0.6 is 11.8 Å². The van der Waals surface area contributed by atoms with Gasteiger partial charge in [0.1, 0.15) is 0 Å². The molecule has 1 aliphatic heterocycles. The van der Waals surface area contributed by atoms with Crippen LogP contribution in [0.2, 0.25) is 0 Å². The standard InChI is InChI=1S/C16H28N2S/c1-14(2)12(15(14,3)4)18-13-17-10-16(11-19-13)8-6-5-7-9-16/h12H,5-11H2,1-4H3,(H,17,18). The third-order valence-corrected chi connectivity index (χ3v) is 7.55. The molecule has 1 N–H and O–H groups in total. The van der Waals surface area contributed by atoms with Crippen molar-refractivity contribution in [2.75, 3.05) is 12.3 Å². The van der Waals surface area contributed by atoms with Gasteiger partial charge in [-0.1, -0.05) is 58.7 Å². The molecular formula is C16H28N2S. The Kier molecular flexibility index (Phi) is 3.20. The van der Waals surface area contributed by atoms with E-state index >= 15 is 0 Å². The first-order valence-electron chi connectivity index (χ1n) is 7.81. The molecule has 0 unspecified atom stereocenters. The molecule has 3 aliphatic rings. The lowest BCUT2D eigenvalue weighted by Gasteiger charge is -2.38. The molecule has 0 aromatic heterocycles. The quantitative estimate of drug-likeness (QED) is 0.783. The highest BCUT2D eigenvalue weighted by atomic mass is 32.2. The van der Waals surface area contributed by atoms with E-state index in [1.165, 1.54) is 43.0 Å². The summed E-state index contributed by atoms with van der Waals surface area (Å²) in [5.74, 6) is 1.28. The lowest BCUT2D eigenvalue weighted by molar-refractivity contribution is 0.232. The Bertz CT molecular complexity index is 378. The second-order valence-corrected chi connectivity index (χ2v) is 8.96. The fourth-order valence-electron chi connectivity index (χ4n) is 3.92. The van der Waals surface area contributed by atoms with Gasteiger partial charge in [-0.15, -0.1) is 0 Å². The van der Waals surface area contributed by atoms with Crippen molar-refractivity contribution in [2.24, 2.45) is 21.2 Å². The van der Waals surface area contributed by atoms with Crippen molar-refractivity contribution in [3.63, 3.8) is 0 Å². The third kappa shape index (κ3) is 2.22. The molecule has 0 amide bonds. The Morgan fingerprint density at radius 2 is 1.68 bits per heavy atom. The van der Waals surface area contributed by atoms with Crippen LogP contribution in [0.1, 0.15) is 59.8 Å². The van der Waals surface area contributed by atoms with E-state index in [-0.39, 0.29) is 0 Å². The van der Waals surface area contributed by atoms with Gasteiger partial charge in [0.2, 0.25) is 0 Å². The van der Waals surface area contributed by atoms with Gasteiger partial charge in [0.15, 0.2) is 5.17 Å². The van der Waals surface area contributed by atoms with Crippen molar-refractivity contribution in [1.82, 2.24) is 5.32 Å². The normalized spacial score (nSPS) is 31.9. The maximum atomic E-state index is 4.89. The van der Waals surface area contributed by atoms with Crippen molar-refractivity contribution in [2.45, 2.75) is 65.8 Å². The van der Waals surface area contributed by atoms with E-state index in [9.17, 15) is 0 Å². The maximum absolute atomic E-state index is 4.89. The molecule has 2 nitrogen and oxygen atoms in total. The summed E-state index contributed by atoms with van der Waals surface area (Å²) in [5, 5.41) is 4.92. The molecular weight excluding hydrogens is 252 g/mol. The van der Waals surface area contributed by atoms with Gasteiger partial charge in [0, 0.05) is 18.3 Å². The van der Waals surface area contributed by atoms with Crippen LogP contribution in [0, 0.1) is 16.2 Å². The van der Waals surface area contributed by atoms with E-state index in [0.29, 0.717) is 22.3 Å². The molecule has 1 heterocycles. The van der Waals surface area contributed by atoms with Crippen LogP contribution < -0.4 is 5.32 Å². The molecule has 0 bridgehead atoms.